The zero-order valence-electron chi connectivity index (χ0n) is 15.7. The molecule has 28 heavy (non-hydrogen) atoms. The highest BCUT2D eigenvalue weighted by Crippen LogP contribution is 2.35. The summed E-state index contributed by atoms with van der Waals surface area (Å²) in [5.74, 6) is 1.36. The van der Waals surface area contributed by atoms with Crippen molar-refractivity contribution in [2.75, 3.05) is 24.7 Å². The van der Waals surface area contributed by atoms with Crippen LogP contribution in [0.3, 0.4) is 0 Å². The topological polar surface area (TPSA) is 67.9 Å². The number of nitrogens with one attached hydrogen (secondary N) is 1. The number of amides is 2. The quantitative estimate of drug-likeness (QED) is 0.837. The van der Waals surface area contributed by atoms with Crippen molar-refractivity contribution in [1.82, 2.24) is 5.32 Å². The van der Waals surface area contributed by atoms with Crippen LogP contribution in [0.15, 0.2) is 48.5 Å². The van der Waals surface area contributed by atoms with E-state index in [2.05, 4.69) is 17.4 Å². The van der Waals surface area contributed by atoms with Crippen LogP contribution in [0.2, 0.25) is 0 Å². The average molecular weight is 380 g/mol. The molecule has 2 aromatic rings. The number of benzene rings is 2. The van der Waals surface area contributed by atoms with Crippen molar-refractivity contribution >= 4 is 17.5 Å². The van der Waals surface area contributed by atoms with Gasteiger partial charge in [0.05, 0.1) is 6.04 Å². The molecular formula is C22H24N2O4. The summed E-state index contributed by atoms with van der Waals surface area (Å²) in [5, 5.41) is 3.00. The van der Waals surface area contributed by atoms with Gasteiger partial charge < -0.3 is 19.7 Å². The fraction of sp³-hybridized carbons (Fsp3) is 0.364. The molecule has 1 saturated heterocycles. The molecule has 0 saturated carbocycles. The minimum absolute atomic E-state index is 0.00208. The smallest absolute Gasteiger partial charge is 0.229 e. The zero-order chi connectivity index (χ0) is 19.3. The van der Waals surface area contributed by atoms with Crippen LogP contribution in [0.25, 0.3) is 0 Å². The summed E-state index contributed by atoms with van der Waals surface area (Å²) in [7, 11) is 0. The van der Waals surface area contributed by atoms with Crippen LogP contribution in [-0.4, -0.2) is 37.6 Å². The second-order valence-electron chi connectivity index (χ2n) is 7.14. The number of carbonyl (C=O) groups excluding carboxylic acids is 2. The number of anilines is 1. The van der Waals surface area contributed by atoms with E-state index >= 15 is 0 Å². The van der Waals surface area contributed by atoms with Crippen LogP contribution in [-0.2, 0) is 16.0 Å². The van der Waals surface area contributed by atoms with Gasteiger partial charge in [0.15, 0.2) is 11.5 Å². The first-order valence-corrected chi connectivity index (χ1v) is 9.72. The van der Waals surface area contributed by atoms with Gasteiger partial charge in [-0.3, -0.25) is 9.59 Å². The Labute approximate surface area is 164 Å². The Hall–Kier alpha value is -3.02. The van der Waals surface area contributed by atoms with E-state index in [9.17, 15) is 9.59 Å². The lowest BCUT2D eigenvalue weighted by atomic mass is 10.1. The molecule has 2 aliphatic rings. The number of nitrogens with zero attached hydrogens (tertiary/aromatic N) is 1. The van der Waals surface area contributed by atoms with E-state index < -0.39 is 0 Å². The van der Waals surface area contributed by atoms with Crippen LogP contribution >= 0.6 is 0 Å². The average Bonchev–Trinajstić information content (AvgIpc) is 3.08. The standard InChI is InChI=1S/C22H24N2O4/c25-21(8-4-7-16-5-2-1-3-6-16)23-17-13-22(26)24(15-17)18-9-10-19-20(14-18)28-12-11-27-19/h1-3,5-6,9-10,14,17H,4,7-8,11-13,15H2,(H,23,25)/t17-/m1/s1. The van der Waals surface area contributed by atoms with Gasteiger partial charge in [-0.05, 0) is 30.5 Å². The molecule has 1 N–H and O–H groups in total. The van der Waals surface area contributed by atoms with Crippen molar-refractivity contribution < 1.29 is 19.1 Å². The third-order valence-corrected chi connectivity index (χ3v) is 5.04. The molecule has 0 bridgehead atoms. The molecule has 0 radical (unpaired) electrons. The van der Waals surface area contributed by atoms with Gasteiger partial charge in [-0.25, -0.2) is 0 Å². The summed E-state index contributed by atoms with van der Waals surface area (Å²) >= 11 is 0. The minimum atomic E-state index is -0.162. The SMILES string of the molecule is O=C(CCCc1ccccc1)N[C@@H]1CC(=O)N(c2ccc3c(c2)OCCO3)C1. The molecular weight excluding hydrogens is 356 g/mol. The first-order chi connectivity index (χ1) is 13.7. The van der Waals surface area contributed by atoms with Gasteiger partial charge in [0.25, 0.3) is 0 Å². The van der Waals surface area contributed by atoms with Crippen LogP contribution in [0.4, 0.5) is 5.69 Å². The monoisotopic (exact) mass is 380 g/mol. The van der Waals surface area contributed by atoms with Crippen molar-refractivity contribution in [3.05, 3.63) is 54.1 Å². The largest absolute Gasteiger partial charge is 0.486 e. The van der Waals surface area contributed by atoms with Gasteiger partial charge >= 0.3 is 0 Å². The fourth-order valence-corrected chi connectivity index (χ4v) is 3.65. The Kier molecular flexibility index (Phi) is 5.46. The van der Waals surface area contributed by atoms with Gasteiger partial charge in [0.2, 0.25) is 11.8 Å². The second kappa shape index (κ2) is 8.33. The van der Waals surface area contributed by atoms with Gasteiger partial charge in [-0.15, -0.1) is 0 Å². The van der Waals surface area contributed by atoms with Gasteiger partial charge in [-0.2, -0.15) is 0 Å². The zero-order valence-corrected chi connectivity index (χ0v) is 15.7. The number of carbonyl (C=O) groups is 2. The molecule has 0 aliphatic carbocycles. The lowest BCUT2D eigenvalue weighted by molar-refractivity contribution is -0.121. The highest BCUT2D eigenvalue weighted by molar-refractivity contribution is 5.97. The van der Waals surface area contributed by atoms with Crippen molar-refractivity contribution in [2.24, 2.45) is 0 Å². The molecule has 6 nitrogen and oxygen atoms in total. The number of rotatable bonds is 6. The lowest BCUT2D eigenvalue weighted by Crippen LogP contribution is -2.37. The number of hydrogen-bond acceptors (Lipinski definition) is 4. The maximum atomic E-state index is 12.4. The van der Waals surface area contributed by atoms with Crippen molar-refractivity contribution in [1.29, 1.82) is 0 Å². The minimum Gasteiger partial charge on any atom is -0.486 e. The second-order valence-corrected chi connectivity index (χ2v) is 7.14. The first kappa shape index (κ1) is 18.3. The van der Waals surface area contributed by atoms with Crippen LogP contribution in [0, 0.1) is 0 Å². The van der Waals surface area contributed by atoms with Crippen molar-refractivity contribution in [2.45, 2.75) is 31.7 Å². The Morgan fingerprint density at radius 1 is 1.07 bits per heavy atom. The van der Waals surface area contributed by atoms with Gasteiger partial charge in [0, 0.05) is 31.1 Å². The summed E-state index contributed by atoms with van der Waals surface area (Å²) in [6, 6.07) is 15.5. The number of fused-ring (bicyclic) bond motifs is 1. The van der Waals surface area contributed by atoms with E-state index in [0.717, 1.165) is 18.5 Å². The molecule has 146 valence electrons. The van der Waals surface area contributed by atoms with Crippen molar-refractivity contribution in [3.63, 3.8) is 0 Å². The Bertz CT molecular complexity index is 853. The van der Waals surface area contributed by atoms with E-state index in [1.165, 1.54) is 5.56 Å². The van der Waals surface area contributed by atoms with E-state index in [-0.39, 0.29) is 17.9 Å². The molecule has 2 aromatic carbocycles. The molecule has 0 spiro atoms. The Morgan fingerprint density at radius 3 is 2.68 bits per heavy atom. The molecule has 2 amide bonds. The third-order valence-electron chi connectivity index (χ3n) is 5.04. The highest BCUT2D eigenvalue weighted by Gasteiger charge is 2.32. The molecule has 0 unspecified atom stereocenters. The maximum Gasteiger partial charge on any atom is 0.229 e. The highest BCUT2D eigenvalue weighted by atomic mass is 16.6. The number of hydrogen-bond donors (Lipinski definition) is 1. The molecule has 4 rings (SSSR count). The molecule has 6 heteroatoms. The Morgan fingerprint density at radius 2 is 1.86 bits per heavy atom. The summed E-state index contributed by atoms with van der Waals surface area (Å²) in [6.45, 7) is 1.52. The van der Waals surface area contributed by atoms with Gasteiger partial charge in [0.1, 0.15) is 13.2 Å². The van der Waals surface area contributed by atoms with Crippen LogP contribution in [0.1, 0.15) is 24.8 Å². The van der Waals surface area contributed by atoms with E-state index in [0.29, 0.717) is 44.1 Å². The lowest BCUT2D eigenvalue weighted by Gasteiger charge is -2.22. The predicted octanol–water partition coefficient (Wildman–Crippen LogP) is 2.70. The number of ether oxygens (including phenoxy) is 2. The van der Waals surface area contributed by atoms with Crippen LogP contribution in [0.5, 0.6) is 11.5 Å². The molecule has 1 atom stereocenters. The molecule has 1 fully saturated rings. The van der Waals surface area contributed by atoms with E-state index in [4.69, 9.17) is 9.47 Å². The summed E-state index contributed by atoms with van der Waals surface area (Å²) in [5.41, 5.74) is 2.01. The fourth-order valence-electron chi connectivity index (χ4n) is 3.65. The normalized spacial score (nSPS) is 18.2. The summed E-state index contributed by atoms with van der Waals surface area (Å²) in [4.78, 5) is 26.4. The summed E-state index contributed by atoms with van der Waals surface area (Å²) in [6.07, 6.45) is 2.45. The number of aryl methyl sites for hydroxylation is 1. The summed E-state index contributed by atoms with van der Waals surface area (Å²) < 4.78 is 11.1. The maximum absolute atomic E-state index is 12.4. The van der Waals surface area contributed by atoms with Gasteiger partial charge in [-0.1, -0.05) is 30.3 Å². The molecule has 0 aromatic heterocycles. The predicted molar refractivity (Wildman–Crippen MR) is 106 cm³/mol. The molecule has 2 aliphatic heterocycles. The first-order valence-electron chi connectivity index (χ1n) is 9.72. The van der Waals surface area contributed by atoms with Crippen LogP contribution < -0.4 is 19.7 Å². The van der Waals surface area contributed by atoms with E-state index in [1.807, 2.05) is 36.4 Å². The Balaban J connectivity index is 1.29. The molecule has 2 heterocycles. The van der Waals surface area contributed by atoms with Crippen molar-refractivity contribution in [3.8, 4) is 11.5 Å². The van der Waals surface area contributed by atoms with E-state index in [1.54, 1.807) is 4.90 Å². The third kappa shape index (κ3) is 4.27.